The maximum atomic E-state index is 12.9. The number of nitrogens with one attached hydrogen (secondary N) is 2. The number of aromatic nitrogens is 4. The quantitative estimate of drug-likeness (QED) is 0.667. The van der Waals surface area contributed by atoms with Crippen molar-refractivity contribution in [3.05, 3.63) is 54.3 Å². The number of rotatable bonds is 6. The fourth-order valence-corrected chi connectivity index (χ4v) is 2.04. The fourth-order valence-electron chi connectivity index (χ4n) is 2.04. The highest BCUT2D eigenvalue weighted by molar-refractivity contribution is 5.87. The largest absolute Gasteiger partial charge is 0.339 e. The van der Waals surface area contributed by atoms with Crippen LogP contribution in [0.3, 0.4) is 0 Å². The molecule has 2 amide bonds. The summed E-state index contributed by atoms with van der Waals surface area (Å²) in [6, 6.07) is 8.80. The Morgan fingerprint density at radius 3 is 2.80 bits per heavy atom. The first-order valence-electron chi connectivity index (χ1n) is 7.62. The van der Waals surface area contributed by atoms with E-state index in [1.165, 1.54) is 18.3 Å². The van der Waals surface area contributed by atoms with E-state index in [9.17, 15) is 9.18 Å². The molecule has 0 spiro atoms. The molecule has 25 heavy (non-hydrogen) atoms. The molecule has 8 nitrogen and oxygen atoms in total. The molecule has 1 aromatic carbocycles. The molecule has 0 atom stereocenters. The van der Waals surface area contributed by atoms with Gasteiger partial charge in [-0.3, -0.25) is 5.32 Å². The van der Waals surface area contributed by atoms with Gasteiger partial charge in [-0.2, -0.15) is 10.1 Å². The summed E-state index contributed by atoms with van der Waals surface area (Å²) in [6.45, 7) is 0.431. The number of hydrogen-bond donors (Lipinski definition) is 2. The first-order valence-corrected chi connectivity index (χ1v) is 7.62. The maximum Gasteiger partial charge on any atom is 0.320 e. The third kappa shape index (κ3) is 4.80. The topological polar surface area (TPSA) is 106 Å². The summed E-state index contributed by atoms with van der Waals surface area (Å²) in [5.74, 6) is 0.915. The zero-order valence-electron chi connectivity index (χ0n) is 13.1. The van der Waals surface area contributed by atoms with Crippen LogP contribution in [0.25, 0.3) is 11.4 Å². The lowest BCUT2D eigenvalue weighted by Crippen LogP contribution is -2.30. The van der Waals surface area contributed by atoms with E-state index in [1.54, 1.807) is 24.3 Å². The lowest BCUT2D eigenvalue weighted by molar-refractivity contribution is 0.251. The van der Waals surface area contributed by atoms with E-state index in [0.717, 1.165) is 0 Å². The summed E-state index contributed by atoms with van der Waals surface area (Å²) in [5, 5.41) is 16.5. The van der Waals surface area contributed by atoms with Crippen molar-refractivity contribution in [2.24, 2.45) is 0 Å². The third-order valence-corrected chi connectivity index (χ3v) is 3.24. The molecule has 0 bridgehead atoms. The molecule has 0 saturated heterocycles. The minimum atomic E-state index is -0.363. The highest BCUT2D eigenvalue weighted by Crippen LogP contribution is 2.16. The molecule has 3 rings (SSSR count). The second-order valence-electron chi connectivity index (χ2n) is 5.11. The molecule has 0 saturated carbocycles. The Hall–Kier alpha value is -3.36. The summed E-state index contributed by atoms with van der Waals surface area (Å²) in [7, 11) is 0. The molecule has 2 heterocycles. The van der Waals surface area contributed by atoms with Gasteiger partial charge in [0, 0.05) is 24.7 Å². The van der Waals surface area contributed by atoms with Gasteiger partial charge in [0.25, 0.3) is 0 Å². The lowest BCUT2D eigenvalue weighted by Gasteiger charge is -2.05. The van der Waals surface area contributed by atoms with Gasteiger partial charge in [0.15, 0.2) is 5.82 Å². The number of halogens is 1. The number of hydrogen-bond acceptors (Lipinski definition) is 6. The van der Waals surface area contributed by atoms with E-state index in [-0.39, 0.29) is 11.8 Å². The van der Waals surface area contributed by atoms with Crippen molar-refractivity contribution in [2.75, 3.05) is 11.9 Å². The first kappa shape index (κ1) is 16.5. The predicted octanol–water partition coefficient (Wildman–Crippen LogP) is 2.42. The molecule has 0 unspecified atom stereocenters. The van der Waals surface area contributed by atoms with Crippen LogP contribution in [-0.2, 0) is 6.42 Å². The number of carbonyl (C=O) groups excluding carboxylic acids is 1. The Kier molecular flexibility index (Phi) is 5.25. The van der Waals surface area contributed by atoms with Crippen molar-refractivity contribution in [2.45, 2.75) is 12.8 Å². The van der Waals surface area contributed by atoms with Gasteiger partial charge in [-0.1, -0.05) is 5.16 Å². The van der Waals surface area contributed by atoms with E-state index in [0.29, 0.717) is 42.5 Å². The van der Waals surface area contributed by atoms with E-state index in [2.05, 4.69) is 31.0 Å². The number of benzene rings is 1. The molecule has 128 valence electrons. The highest BCUT2D eigenvalue weighted by atomic mass is 19.1. The monoisotopic (exact) mass is 342 g/mol. The van der Waals surface area contributed by atoms with E-state index < -0.39 is 0 Å². The predicted molar refractivity (Wildman–Crippen MR) is 87.1 cm³/mol. The minimum Gasteiger partial charge on any atom is -0.339 e. The zero-order valence-corrected chi connectivity index (χ0v) is 13.1. The van der Waals surface area contributed by atoms with E-state index in [1.807, 2.05) is 0 Å². The normalized spacial score (nSPS) is 10.4. The van der Waals surface area contributed by atoms with Crippen LogP contribution in [0, 0.1) is 5.82 Å². The van der Waals surface area contributed by atoms with Gasteiger partial charge in [0.2, 0.25) is 11.7 Å². The van der Waals surface area contributed by atoms with Crippen LogP contribution in [0.5, 0.6) is 0 Å². The Labute approximate surface area is 142 Å². The molecule has 9 heteroatoms. The van der Waals surface area contributed by atoms with Crippen molar-refractivity contribution in [3.8, 4) is 11.4 Å². The van der Waals surface area contributed by atoms with E-state index >= 15 is 0 Å². The van der Waals surface area contributed by atoms with Gasteiger partial charge in [-0.05, 0) is 42.8 Å². The van der Waals surface area contributed by atoms with Gasteiger partial charge < -0.3 is 9.84 Å². The van der Waals surface area contributed by atoms with Crippen LogP contribution < -0.4 is 10.6 Å². The molecule has 0 aliphatic carbocycles. The molecule has 2 aromatic heterocycles. The van der Waals surface area contributed by atoms with Crippen LogP contribution in [-0.4, -0.2) is 32.9 Å². The maximum absolute atomic E-state index is 12.9. The zero-order chi connectivity index (χ0) is 17.5. The third-order valence-electron chi connectivity index (χ3n) is 3.24. The van der Waals surface area contributed by atoms with Gasteiger partial charge in [0.1, 0.15) is 5.82 Å². The molecular formula is C16H15FN6O2. The highest BCUT2D eigenvalue weighted by Gasteiger charge is 2.09. The fraction of sp³-hybridized carbons (Fsp3) is 0.188. The molecular weight excluding hydrogens is 327 g/mol. The number of anilines is 1. The Morgan fingerprint density at radius 1 is 1.20 bits per heavy atom. The van der Waals surface area contributed by atoms with Crippen LogP contribution >= 0.6 is 0 Å². The Bertz CT molecular complexity index is 822. The summed E-state index contributed by atoms with van der Waals surface area (Å²) in [5.41, 5.74) is 0.679. The molecule has 0 fully saturated rings. The average Bonchev–Trinajstić information content (AvgIpc) is 3.09. The number of nitrogens with zero attached hydrogens (tertiary/aromatic N) is 4. The Balaban J connectivity index is 1.42. The number of urea groups is 1. The molecule has 2 N–H and O–H groups in total. The number of aryl methyl sites for hydroxylation is 1. The molecule has 3 aromatic rings. The molecule has 0 aliphatic rings. The minimum absolute atomic E-state index is 0.321. The number of carbonyl (C=O) groups is 1. The van der Waals surface area contributed by atoms with Gasteiger partial charge in [-0.25, -0.2) is 9.18 Å². The second-order valence-corrected chi connectivity index (χ2v) is 5.11. The second kappa shape index (κ2) is 7.95. The van der Waals surface area contributed by atoms with Crippen LogP contribution in [0.4, 0.5) is 15.0 Å². The lowest BCUT2D eigenvalue weighted by atomic mass is 10.2. The van der Waals surface area contributed by atoms with Gasteiger partial charge in [-0.15, -0.1) is 5.10 Å². The summed E-state index contributed by atoms with van der Waals surface area (Å²) >= 11 is 0. The summed E-state index contributed by atoms with van der Waals surface area (Å²) in [6.07, 6.45) is 2.66. The first-order chi connectivity index (χ1) is 12.2. The van der Waals surface area contributed by atoms with Crippen LogP contribution in [0.15, 0.2) is 47.1 Å². The SMILES string of the molecule is O=C(NCCCc1nc(-c2ccc(F)cc2)no1)Nc1cccnn1. The van der Waals surface area contributed by atoms with Crippen molar-refractivity contribution in [1.82, 2.24) is 25.7 Å². The van der Waals surface area contributed by atoms with E-state index in [4.69, 9.17) is 4.52 Å². The van der Waals surface area contributed by atoms with Crippen molar-refractivity contribution < 1.29 is 13.7 Å². The van der Waals surface area contributed by atoms with Crippen molar-refractivity contribution in [1.29, 1.82) is 0 Å². The smallest absolute Gasteiger partial charge is 0.320 e. The van der Waals surface area contributed by atoms with Gasteiger partial charge >= 0.3 is 6.03 Å². The average molecular weight is 342 g/mol. The van der Waals surface area contributed by atoms with Crippen LogP contribution in [0.2, 0.25) is 0 Å². The van der Waals surface area contributed by atoms with Crippen molar-refractivity contribution >= 4 is 11.8 Å². The summed E-state index contributed by atoms with van der Waals surface area (Å²) in [4.78, 5) is 15.9. The number of amides is 2. The van der Waals surface area contributed by atoms with Crippen molar-refractivity contribution in [3.63, 3.8) is 0 Å². The summed E-state index contributed by atoms with van der Waals surface area (Å²) < 4.78 is 18.1. The standard InChI is InChI=1S/C16H15FN6O2/c17-12-7-5-11(6-8-12)15-21-14(25-23-15)4-2-9-18-16(24)20-13-3-1-10-19-22-13/h1,3,5-8,10H,2,4,9H2,(H2,18,20,22,24). The van der Waals surface area contributed by atoms with Crippen LogP contribution in [0.1, 0.15) is 12.3 Å². The molecule has 0 aliphatic heterocycles. The molecule has 0 radical (unpaired) electrons. The Morgan fingerprint density at radius 2 is 2.04 bits per heavy atom. The van der Waals surface area contributed by atoms with Gasteiger partial charge in [0.05, 0.1) is 0 Å².